The van der Waals surface area contributed by atoms with E-state index in [-0.39, 0.29) is 0 Å². The highest BCUT2D eigenvalue weighted by Crippen LogP contribution is 2.27. The number of amides is 1. The highest BCUT2D eigenvalue weighted by molar-refractivity contribution is 5.77. The van der Waals surface area contributed by atoms with Gasteiger partial charge in [-0.05, 0) is 77.3 Å². The van der Waals surface area contributed by atoms with Gasteiger partial charge in [0.15, 0.2) is 0 Å². The molecule has 0 N–H and O–H groups in total. The fourth-order valence-electron chi connectivity index (χ4n) is 5.10. The molecule has 3 heterocycles. The van der Waals surface area contributed by atoms with Crippen molar-refractivity contribution in [1.82, 2.24) is 19.6 Å². The number of carbonyl (C=O) groups excluding carboxylic acids is 1. The van der Waals surface area contributed by atoms with Gasteiger partial charge in [0.05, 0.1) is 0 Å². The maximum atomic E-state index is 12.7. The lowest BCUT2D eigenvalue weighted by Gasteiger charge is -2.50. The van der Waals surface area contributed by atoms with Gasteiger partial charge in [-0.15, -0.1) is 0 Å². The predicted molar refractivity (Wildman–Crippen MR) is 112 cm³/mol. The van der Waals surface area contributed by atoms with E-state index in [1.54, 1.807) is 0 Å². The number of hydrogen-bond acceptors (Lipinski definition) is 4. The second-order valence-electron chi connectivity index (χ2n) is 9.66. The Kier molecular flexibility index (Phi) is 7.57. The lowest BCUT2D eigenvalue weighted by atomic mass is 9.91. The molecule has 156 valence electrons. The average molecular weight is 379 g/mol. The summed E-state index contributed by atoms with van der Waals surface area (Å²) >= 11 is 0. The van der Waals surface area contributed by atoms with Crippen molar-refractivity contribution >= 4 is 5.91 Å². The van der Waals surface area contributed by atoms with Gasteiger partial charge in [-0.1, -0.05) is 20.8 Å². The Morgan fingerprint density at radius 3 is 2.19 bits per heavy atom. The lowest BCUT2D eigenvalue weighted by molar-refractivity contribution is -0.141. The van der Waals surface area contributed by atoms with Crippen molar-refractivity contribution in [3.63, 3.8) is 0 Å². The Hall–Kier alpha value is -0.650. The van der Waals surface area contributed by atoms with Crippen LogP contribution in [0.1, 0.15) is 52.9 Å². The summed E-state index contributed by atoms with van der Waals surface area (Å²) in [5.41, 5.74) is 0. The zero-order valence-electron chi connectivity index (χ0n) is 18.2. The molecule has 0 saturated carbocycles. The van der Waals surface area contributed by atoms with Crippen LogP contribution in [0, 0.1) is 11.8 Å². The fraction of sp³-hybridized carbons (Fsp3) is 0.955. The van der Waals surface area contributed by atoms with Crippen molar-refractivity contribution in [2.24, 2.45) is 11.8 Å². The topological polar surface area (TPSA) is 30.0 Å². The van der Waals surface area contributed by atoms with E-state index in [0.29, 0.717) is 29.8 Å². The van der Waals surface area contributed by atoms with Crippen molar-refractivity contribution in [1.29, 1.82) is 0 Å². The number of rotatable bonds is 7. The molecule has 5 nitrogen and oxygen atoms in total. The first kappa shape index (κ1) is 21.1. The number of nitrogens with zero attached hydrogens (tertiary/aromatic N) is 4. The van der Waals surface area contributed by atoms with Gasteiger partial charge < -0.3 is 14.7 Å². The van der Waals surface area contributed by atoms with E-state index in [1.807, 2.05) is 0 Å². The van der Waals surface area contributed by atoms with E-state index in [4.69, 9.17) is 0 Å². The summed E-state index contributed by atoms with van der Waals surface area (Å²) in [6, 6.07) is 1.30. The smallest absolute Gasteiger partial charge is 0.222 e. The summed E-state index contributed by atoms with van der Waals surface area (Å²) < 4.78 is 0. The fourth-order valence-corrected chi connectivity index (χ4v) is 5.10. The van der Waals surface area contributed by atoms with Crippen LogP contribution >= 0.6 is 0 Å². The van der Waals surface area contributed by atoms with Crippen LogP contribution in [0.25, 0.3) is 0 Å². The molecule has 1 amide bonds. The first-order valence-corrected chi connectivity index (χ1v) is 11.4. The Bertz CT molecular complexity index is 461. The summed E-state index contributed by atoms with van der Waals surface area (Å²) in [5, 5.41) is 0. The van der Waals surface area contributed by atoms with Gasteiger partial charge in [-0.25, -0.2) is 0 Å². The Labute approximate surface area is 167 Å². The lowest BCUT2D eigenvalue weighted by Crippen LogP contribution is -2.64. The van der Waals surface area contributed by atoms with Gasteiger partial charge in [-0.3, -0.25) is 9.69 Å². The Balaban J connectivity index is 1.45. The zero-order chi connectivity index (χ0) is 19.4. The van der Waals surface area contributed by atoms with Crippen molar-refractivity contribution in [3.8, 4) is 0 Å². The summed E-state index contributed by atoms with van der Waals surface area (Å²) in [7, 11) is 2.23. The van der Waals surface area contributed by atoms with E-state index in [9.17, 15) is 4.79 Å². The first-order valence-electron chi connectivity index (χ1n) is 11.4. The first-order chi connectivity index (χ1) is 13.0. The Morgan fingerprint density at radius 1 is 1.00 bits per heavy atom. The summed E-state index contributed by atoms with van der Waals surface area (Å²) in [5.74, 6) is 1.72. The predicted octanol–water partition coefficient (Wildman–Crippen LogP) is 2.37. The Morgan fingerprint density at radius 2 is 1.63 bits per heavy atom. The zero-order valence-corrected chi connectivity index (χ0v) is 18.2. The van der Waals surface area contributed by atoms with E-state index in [2.05, 4.69) is 47.4 Å². The molecule has 0 aromatic carbocycles. The maximum absolute atomic E-state index is 12.7. The molecule has 3 aliphatic rings. The number of hydrogen-bond donors (Lipinski definition) is 0. The molecule has 3 saturated heterocycles. The van der Waals surface area contributed by atoms with Gasteiger partial charge in [-0.2, -0.15) is 0 Å². The van der Waals surface area contributed by atoms with Gasteiger partial charge in [0.2, 0.25) is 5.91 Å². The van der Waals surface area contributed by atoms with Crippen LogP contribution in [0.5, 0.6) is 0 Å². The van der Waals surface area contributed by atoms with Crippen LogP contribution in [0.3, 0.4) is 0 Å². The van der Waals surface area contributed by atoms with Gasteiger partial charge in [0, 0.05) is 38.1 Å². The van der Waals surface area contributed by atoms with E-state index in [1.165, 1.54) is 58.4 Å². The van der Waals surface area contributed by atoms with Crippen LogP contribution in [0.15, 0.2) is 0 Å². The molecular formula is C22H42N4O. The third kappa shape index (κ3) is 5.68. The minimum absolute atomic E-state index is 0.411. The maximum Gasteiger partial charge on any atom is 0.222 e. The van der Waals surface area contributed by atoms with Crippen molar-refractivity contribution in [3.05, 3.63) is 0 Å². The monoisotopic (exact) mass is 378 g/mol. The second kappa shape index (κ2) is 9.71. The van der Waals surface area contributed by atoms with E-state index < -0.39 is 0 Å². The second-order valence-corrected chi connectivity index (χ2v) is 9.66. The van der Waals surface area contributed by atoms with Crippen molar-refractivity contribution in [2.75, 3.05) is 59.4 Å². The SMILES string of the molecule is CCN1CCC(CC(=O)N2CC(N(CC(C)C)C3CCN(C)CC3)C2)CC1. The highest BCUT2D eigenvalue weighted by Gasteiger charge is 2.39. The number of likely N-dealkylation sites (tertiary alicyclic amines) is 3. The van der Waals surface area contributed by atoms with Crippen molar-refractivity contribution in [2.45, 2.75) is 65.0 Å². The molecule has 0 aromatic rings. The minimum atomic E-state index is 0.411. The largest absolute Gasteiger partial charge is 0.339 e. The van der Waals surface area contributed by atoms with Crippen LogP contribution < -0.4 is 0 Å². The molecule has 27 heavy (non-hydrogen) atoms. The summed E-state index contributed by atoms with van der Waals surface area (Å²) in [6.45, 7) is 15.9. The standard InChI is InChI=1S/C22H42N4O/c1-5-24-12-6-19(7-13-24)14-22(27)25-16-21(17-25)26(15-18(2)3)20-8-10-23(4)11-9-20/h18-21H,5-17H2,1-4H3. The van der Waals surface area contributed by atoms with E-state index in [0.717, 1.165) is 26.1 Å². The molecule has 3 rings (SSSR count). The van der Waals surface area contributed by atoms with Gasteiger partial charge in [0.1, 0.15) is 0 Å². The summed E-state index contributed by atoms with van der Waals surface area (Å²) in [4.78, 5) is 22.6. The molecule has 0 aromatic heterocycles. The molecule has 3 fully saturated rings. The normalized spacial score (nSPS) is 24.7. The molecule has 5 heteroatoms. The van der Waals surface area contributed by atoms with Crippen LogP contribution in [0.4, 0.5) is 0 Å². The van der Waals surface area contributed by atoms with Crippen LogP contribution in [0.2, 0.25) is 0 Å². The third-order valence-corrected chi connectivity index (χ3v) is 7.03. The highest BCUT2D eigenvalue weighted by atomic mass is 16.2. The molecule has 0 bridgehead atoms. The molecule has 0 radical (unpaired) electrons. The van der Waals surface area contributed by atoms with Gasteiger partial charge in [0.25, 0.3) is 0 Å². The molecule has 0 atom stereocenters. The minimum Gasteiger partial charge on any atom is -0.339 e. The molecule has 3 aliphatic heterocycles. The molecule has 0 aliphatic carbocycles. The molecule has 0 spiro atoms. The quantitative estimate of drug-likeness (QED) is 0.680. The van der Waals surface area contributed by atoms with E-state index >= 15 is 0 Å². The summed E-state index contributed by atoms with van der Waals surface area (Å²) in [6.07, 6.45) is 5.74. The molecule has 0 unspecified atom stereocenters. The van der Waals surface area contributed by atoms with Crippen molar-refractivity contribution < 1.29 is 4.79 Å². The third-order valence-electron chi connectivity index (χ3n) is 7.03. The molecular weight excluding hydrogens is 336 g/mol. The average Bonchev–Trinajstić information content (AvgIpc) is 2.60. The van der Waals surface area contributed by atoms with Crippen LogP contribution in [-0.2, 0) is 4.79 Å². The van der Waals surface area contributed by atoms with Crippen LogP contribution in [-0.4, -0.2) is 97.0 Å². The number of carbonyl (C=O) groups is 1. The van der Waals surface area contributed by atoms with Gasteiger partial charge >= 0.3 is 0 Å². The number of piperidine rings is 2.